The molecule has 2 heterocycles. The zero-order valence-electron chi connectivity index (χ0n) is 12.2. The summed E-state index contributed by atoms with van der Waals surface area (Å²) in [4.78, 5) is 0. The number of hydrogen-bond donors (Lipinski definition) is 1. The molecule has 12 heteroatoms. The number of aromatic nitrogens is 2. The van der Waals surface area contributed by atoms with Crippen molar-refractivity contribution in [1.29, 1.82) is 0 Å². The largest absolute Gasteiger partial charge is 0.523 e. The van der Waals surface area contributed by atoms with Crippen molar-refractivity contribution in [3.05, 3.63) is 11.8 Å². The van der Waals surface area contributed by atoms with Crippen molar-refractivity contribution >= 4 is 12.4 Å². The van der Waals surface area contributed by atoms with Crippen molar-refractivity contribution in [3.8, 4) is 0 Å². The highest BCUT2D eigenvalue weighted by atomic mass is 35.5. The number of nitrogens with zero attached hydrogens (tertiary/aromatic N) is 2. The van der Waals surface area contributed by atoms with Crippen molar-refractivity contribution in [2.45, 2.75) is 55.7 Å². The van der Waals surface area contributed by atoms with Crippen LogP contribution >= 0.6 is 12.4 Å². The summed E-state index contributed by atoms with van der Waals surface area (Å²) in [6, 6.07) is -1.45. The fourth-order valence-corrected chi connectivity index (χ4v) is 2.59. The SMILES string of the molecule is Cl.N[C@H]1CO[C@H](c2nnc(C3(OC(F)(F)F)CCC3)o2)CC1(F)F. The minimum atomic E-state index is -4.86. The Bertz CT molecular complexity index is 579. The lowest BCUT2D eigenvalue weighted by molar-refractivity contribution is -0.387. The predicted octanol–water partition coefficient (Wildman–Crippen LogP) is 2.83. The van der Waals surface area contributed by atoms with Gasteiger partial charge in [0.25, 0.3) is 5.92 Å². The van der Waals surface area contributed by atoms with Gasteiger partial charge in [0.1, 0.15) is 6.10 Å². The summed E-state index contributed by atoms with van der Waals surface area (Å²) in [5, 5.41) is 7.08. The molecule has 2 aliphatic rings. The van der Waals surface area contributed by atoms with Gasteiger partial charge in [-0.2, -0.15) is 0 Å². The number of halogens is 6. The van der Waals surface area contributed by atoms with Crippen LogP contribution in [0.15, 0.2) is 4.42 Å². The van der Waals surface area contributed by atoms with Crippen LogP contribution in [0.3, 0.4) is 0 Å². The van der Waals surface area contributed by atoms with E-state index in [1.807, 2.05) is 0 Å². The second-order valence-electron chi connectivity index (χ2n) is 5.73. The summed E-state index contributed by atoms with van der Waals surface area (Å²) in [6.07, 6.45) is -6.24. The Balaban J connectivity index is 0.00000208. The lowest BCUT2D eigenvalue weighted by atomic mass is 9.80. The van der Waals surface area contributed by atoms with Crippen LogP contribution in [0, 0.1) is 0 Å². The molecule has 0 spiro atoms. The van der Waals surface area contributed by atoms with Crippen molar-refractivity contribution in [2.75, 3.05) is 6.61 Å². The summed E-state index contributed by atoms with van der Waals surface area (Å²) >= 11 is 0. The molecule has 0 amide bonds. The average molecular weight is 380 g/mol. The zero-order valence-corrected chi connectivity index (χ0v) is 13.0. The van der Waals surface area contributed by atoms with Gasteiger partial charge in [-0.1, -0.05) is 0 Å². The number of alkyl halides is 5. The van der Waals surface area contributed by atoms with Crippen LogP contribution < -0.4 is 5.73 Å². The van der Waals surface area contributed by atoms with Gasteiger partial charge >= 0.3 is 6.36 Å². The van der Waals surface area contributed by atoms with E-state index >= 15 is 0 Å². The smallest absolute Gasteiger partial charge is 0.419 e. The molecule has 2 N–H and O–H groups in total. The fourth-order valence-electron chi connectivity index (χ4n) is 2.59. The zero-order chi connectivity index (χ0) is 16.9. The van der Waals surface area contributed by atoms with E-state index in [9.17, 15) is 22.0 Å². The first-order valence-corrected chi connectivity index (χ1v) is 6.97. The van der Waals surface area contributed by atoms with E-state index in [-0.39, 0.29) is 37.0 Å². The molecule has 0 radical (unpaired) electrons. The second-order valence-corrected chi connectivity index (χ2v) is 5.73. The minimum Gasteiger partial charge on any atom is -0.419 e. The monoisotopic (exact) mass is 379 g/mol. The molecule has 24 heavy (non-hydrogen) atoms. The molecule has 1 aliphatic carbocycles. The molecule has 1 saturated carbocycles. The van der Waals surface area contributed by atoms with E-state index in [1.54, 1.807) is 0 Å². The highest BCUT2D eigenvalue weighted by Gasteiger charge is 2.53. The molecule has 3 rings (SSSR count). The Morgan fingerprint density at radius 3 is 2.38 bits per heavy atom. The van der Waals surface area contributed by atoms with E-state index in [2.05, 4.69) is 14.9 Å². The van der Waals surface area contributed by atoms with Crippen molar-refractivity contribution in [2.24, 2.45) is 5.73 Å². The van der Waals surface area contributed by atoms with Crippen molar-refractivity contribution in [1.82, 2.24) is 10.2 Å². The molecule has 6 nitrogen and oxygen atoms in total. The average Bonchev–Trinajstić information content (AvgIpc) is 2.86. The fraction of sp³-hybridized carbons (Fsp3) is 0.833. The van der Waals surface area contributed by atoms with Crippen LogP contribution in [-0.4, -0.2) is 35.1 Å². The lowest BCUT2D eigenvalue weighted by Gasteiger charge is -2.38. The third kappa shape index (κ3) is 3.63. The van der Waals surface area contributed by atoms with E-state index in [1.165, 1.54) is 0 Å². The summed E-state index contributed by atoms with van der Waals surface area (Å²) in [7, 11) is 0. The molecule has 1 aromatic rings. The summed E-state index contributed by atoms with van der Waals surface area (Å²) in [5.74, 6) is -3.87. The van der Waals surface area contributed by atoms with Gasteiger partial charge in [0.15, 0.2) is 5.60 Å². The third-order valence-electron chi connectivity index (χ3n) is 4.06. The van der Waals surface area contributed by atoms with E-state index in [4.69, 9.17) is 14.9 Å². The Kier molecular flexibility index (Phi) is 5.11. The van der Waals surface area contributed by atoms with Crippen LogP contribution in [0.1, 0.15) is 43.6 Å². The quantitative estimate of drug-likeness (QED) is 0.813. The van der Waals surface area contributed by atoms with Gasteiger partial charge < -0.3 is 14.9 Å². The normalized spacial score (nSPS) is 28.8. The molecule has 2 fully saturated rings. The first kappa shape index (κ1) is 19.3. The van der Waals surface area contributed by atoms with Crippen LogP contribution in [0.5, 0.6) is 0 Å². The van der Waals surface area contributed by atoms with Crippen LogP contribution in [0.25, 0.3) is 0 Å². The molecule has 0 bridgehead atoms. The Labute approximate surface area is 139 Å². The molecule has 2 atom stereocenters. The molecule has 1 aromatic heterocycles. The highest BCUT2D eigenvalue weighted by Crippen LogP contribution is 2.48. The van der Waals surface area contributed by atoms with E-state index in [0.29, 0.717) is 6.42 Å². The number of hydrogen-bond acceptors (Lipinski definition) is 6. The summed E-state index contributed by atoms with van der Waals surface area (Å²) < 4.78 is 79.1. The van der Waals surface area contributed by atoms with E-state index in [0.717, 1.165) is 0 Å². The van der Waals surface area contributed by atoms with Crippen molar-refractivity contribution < 1.29 is 35.8 Å². The van der Waals surface area contributed by atoms with Crippen LogP contribution in [-0.2, 0) is 15.1 Å². The van der Waals surface area contributed by atoms with E-state index < -0.39 is 43.1 Å². The molecule has 0 unspecified atom stereocenters. The van der Waals surface area contributed by atoms with Gasteiger partial charge in [-0.3, -0.25) is 4.74 Å². The molecular weight excluding hydrogens is 365 g/mol. The summed E-state index contributed by atoms with van der Waals surface area (Å²) in [5.41, 5.74) is 3.50. The van der Waals surface area contributed by atoms with Gasteiger partial charge in [0, 0.05) is 6.42 Å². The van der Waals surface area contributed by atoms with Gasteiger partial charge in [0.2, 0.25) is 11.8 Å². The summed E-state index contributed by atoms with van der Waals surface area (Å²) in [6.45, 7) is -0.417. The number of ether oxygens (including phenoxy) is 2. The maximum Gasteiger partial charge on any atom is 0.523 e. The third-order valence-corrected chi connectivity index (χ3v) is 4.06. The predicted molar refractivity (Wildman–Crippen MR) is 70.4 cm³/mol. The van der Waals surface area contributed by atoms with Gasteiger partial charge in [-0.05, 0) is 19.3 Å². The molecule has 1 aliphatic heterocycles. The Morgan fingerprint density at radius 1 is 1.21 bits per heavy atom. The van der Waals surface area contributed by atoms with Crippen LogP contribution in [0.2, 0.25) is 0 Å². The number of rotatable bonds is 3. The standard InChI is InChI=1S/C12H14F5N3O3.ClH/c13-11(14)4-6(21-5-7(11)18)8-19-20-9(22-8)10(2-1-3-10)23-12(15,16)17;/h6-7H,1-5,18H2;1H/t6-,7-;/m0./s1. The second kappa shape index (κ2) is 6.36. The minimum absolute atomic E-state index is 0. The Hall–Kier alpha value is -1.04. The topological polar surface area (TPSA) is 83.4 Å². The first-order chi connectivity index (χ1) is 10.6. The van der Waals surface area contributed by atoms with Gasteiger partial charge in [0.05, 0.1) is 12.6 Å². The highest BCUT2D eigenvalue weighted by molar-refractivity contribution is 5.85. The first-order valence-electron chi connectivity index (χ1n) is 6.97. The maximum absolute atomic E-state index is 13.6. The molecule has 1 saturated heterocycles. The maximum atomic E-state index is 13.6. The molecule has 0 aromatic carbocycles. The molecule has 138 valence electrons. The lowest BCUT2D eigenvalue weighted by Crippen LogP contribution is -2.49. The van der Waals surface area contributed by atoms with Crippen LogP contribution in [0.4, 0.5) is 22.0 Å². The van der Waals surface area contributed by atoms with Gasteiger partial charge in [-0.25, -0.2) is 8.78 Å². The Morgan fingerprint density at radius 2 is 1.88 bits per heavy atom. The van der Waals surface area contributed by atoms with Gasteiger partial charge in [-0.15, -0.1) is 35.8 Å². The van der Waals surface area contributed by atoms with Crippen molar-refractivity contribution in [3.63, 3.8) is 0 Å². The molecular formula is C12H15ClF5N3O3. The number of nitrogens with two attached hydrogens (primary N) is 1.